The summed E-state index contributed by atoms with van der Waals surface area (Å²) in [6, 6.07) is 0. The van der Waals surface area contributed by atoms with Crippen LogP contribution >= 0.6 is 0 Å². The van der Waals surface area contributed by atoms with Crippen molar-refractivity contribution in [3.05, 3.63) is 0 Å². The van der Waals surface area contributed by atoms with Gasteiger partial charge in [-0.05, 0) is 51.9 Å². The summed E-state index contributed by atoms with van der Waals surface area (Å²) in [4.78, 5) is 5.76. The van der Waals surface area contributed by atoms with Gasteiger partial charge in [0.05, 0.1) is 6.67 Å². The first-order chi connectivity index (χ1) is 21.3. The maximum absolute atomic E-state index is 2.88. The fourth-order valence-electron chi connectivity index (χ4n) is 6.67. The third kappa shape index (κ3) is 34.6. The van der Waals surface area contributed by atoms with Gasteiger partial charge in [-0.1, -0.05) is 207 Å². The van der Waals surface area contributed by atoms with Gasteiger partial charge in [0.25, 0.3) is 0 Å². The van der Waals surface area contributed by atoms with Crippen LogP contribution in [-0.4, -0.2) is 42.6 Å². The Balaban J connectivity index is 4.68. The fourth-order valence-corrected chi connectivity index (χ4v) is 6.67. The summed E-state index contributed by atoms with van der Waals surface area (Å²) in [6.07, 6.45) is 45.9. The number of hydrogen-bond acceptors (Lipinski definition) is 2. The van der Waals surface area contributed by atoms with E-state index in [1.807, 2.05) is 0 Å². The first-order valence-corrected chi connectivity index (χ1v) is 20.7. The van der Waals surface area contributed by atoms with Crippen molar-refractivity contribution in [1.82, 2.24) is 9.80 Å². The van der Waals surface area contributed by atoms with Crippen LogP contribution in [0.1, 0.15) is 233 Å². The molecule has 0 N–H and O–H groups in total. The van der Waals surface area contributed by atoms with Crippen molar-refractivity contribution in [3.63, 3.8) is 0 Å². The Labute approximate surface area is 275 Å². The lowest BCUT2D eigenvalue weighted by molar-refractivity contribution is 0.122. The Morgan fingerprint density at radius 2 is 0.372 bits per heavy atom. The highest BCUT2D eigenvalue weighted by molar-refractivity contribution is 4.65. The summed E-state index contributed by atoms with van der Waals surface area (Å²) in [5, 5.41) is 0. The van der Waals surface area contributed by atoms with Gasteiger partial charge in [0, 0.05) is 0 Å². The Kier molecular flexibility index (Phi) is 38.0. The summed E-state index contributed by atoms with van der Waals surface area (Å²) in [5.41, 5.74) is 0. The standard InChI is InChI=1S/C41H86N2/c1-5-9-13-17-21-25-29-33-37-42(38-34-30-26-22-18-14-10-6-2)41-43(39-35-31-27-23-19-15-11-7-3)40-36-32-28-24-20-16-12-8-4/h5-41H2,1-4H3. The van der Waals surface area contributed by atoms with Gasteiger partial charge in [-0.15, -0.1) is 0 Å². The summed E-state index contributed by atoms with van der Waals surface area (Å²) in [6.45, 7) is 15.9. The van der Waals surface area contributed by atoms with Crippen LogP contribution in [0.15, 0.2) is 0 Å². The van der Waals surface area contributed by atoms with Gasteiger partial charge in [0.2, 0.25) is 0 Å². The Morgan fingerprint density at radius 3 is 0.558 bits per heavy atom. The molecule has 0 saturated heterocycles. The maximum Gasteiger partial charge on any atom is 0.0506 e. The van der Waals surface area contributed by atoms with Crippen molar-refractivity contribution in [2.24, 2.45) is 0 Å². The second kappa shape index (κ2) is 38.1. The largest absolute Gasteiger partial charge is 0.290 e. The molecule has 2 heteroatoms. The van der Waals surface area contributed by atoms with E-state index in [1.54, 1.807) is 0 Å². The zero-order valence-corrected chi connectivity index (χ0v) is 31.1. The van der Waals surface area contributed by atoms with Crippen molar-refractivity contribution < 1.29 is 0 Å². The maximum atomic E-state index is 2.88. The molecular formula is C41H86N2. The molecule has 0 heterocycles. The molecule has 0 aliphatic carbocycles. The smallest absolute Gasteiger partial charge is 0.0506 e. The van der Waals surface area contributed by atoms with E-state index in [0.717, 1.165) is 0 Å². The zero-order chi connectivity index (χ0) is 31.3. The molecule has 0 amide bonds. The van der Waals surface area contributed by atoms with Gasteiger partial charge in [-0.3, -0.25) is 9.80 Å². The molecule has 43 heavy (non-hydrogen) atoms. The molecule has 0 spiro atoms. The Morgan fingerprint density at radius 1 is 0.209 bits per heavy atom. The van der Waals surface area contributed by atoms with Crippen LogP contribution in [0.4, 0.5) is 0 Å². The Hall–Kier alpha value is -0.0800. The van der Waals surface area contributed by atoms with Crippen molar-refractivity contribution in [1.29, 1.82) is 0 Å². The van der Waals surface area contributed by atoms with E-state index in [0.29, 0.717) is 0 Å². The van der Waals surface area contributed by atoms with Gasteiger partial charge in [-0.25, -0.2) is 0 Å². The molecule has 0 aromatic rings. The summed E-state index contributed by atoms with van der Waals surface area (Å²) < 4.78 is 0. The third-order valence-electron chi connectivity index (χ3n) is 9.71. The second-order valence-electron chi connectivity index (χ2n) is 14.3. The van der Waals surface area contributed by atoms with Gasteiger partial charge >= 0.3 is 0 Å². The highest BCUT2D eigenvalue weighted by Crippen LogP contribution is 2.15. The fraction of sp³-hybridized carbons (Fsp3) is 1.00. The highest BCUT2D eigenvalue weighted by Gasteiger charge is 2.12. The quantitative estimate of drug-likeness (QED) is 0.0509. The summed E-state index contributed by atoms with van der Waals surface area (Å²) >= 11 is 0. The average molecular weight is 607 g/mol. The van der Waals surface area contributed by atoms with E-state index >= 15 is 0 Å². The number of unbranched alkanes of at least 4 members (excludes halogenated alkanes) is 28. The topological polar surface area (TPSA) is 6.48 Å². The predicted octanol–water partition coefficient (Wildman–Crippen LogP) is 14.1. The van der Waals surface area contributed by atoms with Crippen molar-refractivity contribution in [3.8, 4) is 0 Å². The molecule has 0 aromatic heterocycles. The number of nitrogens with zero attached hydrogens (tertiary/aromatic N) is 2. The predicted molar refractivity (Wildman–Crippen MR) is 198 cm³/mol. The molecule has 0 aliphatic rings. The molecule has 260 valence electrons. The van der Waals surface area contributed by atoms with Crippen LogP contribution < -0.4 is 0 Å². The SMILES string of the molecule is CCCCCCCCCCN(CCCCCCCCCC)CN(CCCCCCCCCC)CCCCCCCCCC. The van der Waals surface area contributed by atoms with E-state index in [1.165, 1.54) is 238 Å². The minimum atomic E-state index is 1.24. The van der Waals surface area contributed by atoms with E-state index < -0.39 is 0 Å². The van der Waals surface area contributed by atoms with Crippen LogP contribution in [0.3, 0.4) is 0 Å². The van der Waals surface area contributed by atoms with Gasteiger partial charge in [-0.2, -0.15) is 0 Å². The molecule has 2 nitrogen and oxygen atoms in total. The molecule has 0 fully saturated rings. The Bertz CT molecular complexity index is 396. The molecule has 0 radical (unpaired) electrons. The second-order valence-corrected chi connectivity index (χ2v) is 14.3. The highest BCUT2D eigenvalue weighted by atomic mass is 15.3. The monoisotopic (exact) mass is 607 g/mol. The normalized spacial score (nSPS) is 11.9. The minimum Gasteiger partial charge on any atom is -0.290 e. The van der Waals surface area contributed by atoms with Crippen LogP contribution in [0.5, 0.6) is 0 Å². The van der Waals surface area contributed by atoms with Crippen LogP contribution in [0.2, 0.25) is 0 Å². The lowest BCUT2D eigenvalue weighted by Gasteiger charge is -2.31. The average Bonchev–Trinajstić information content (AvgIpc) is 3.01. The molecule has 0 aromatic carbocycles. The molecule has 0 atom stereocenters. The first-order valence-electron chi connectivity index (χ1n) is 20.7. The minimum absolute atomic E-state index is 1.24. The van der Waals surface area contributed by atoms with Crippen molar-refractivity contribution >= 4 is 0 Å². The van der Waals surface area contributed by atoms with Crippen LogP contribution in [0.25, 0.3) is 0 Å². The molecule has 0 bridgehead atoms. The van der Waals surface area contributed by atoms with E-state index in [4.69, 9.17) is 0 Å². The lowest BCUT2D eigenvalue weighted by Crippen LogP contribution is -2.40. The lowest BCUT2D eigenvalue weighted by atomic mass is 10.1. The molecule has 0 unspecified atom stereocenters. The molecule has 0 saturated carbocycles. The van der Waals surface area contributed by atoms with Gasteiger partial charge in [0.15, 0.2) is 0 Å². The zero-order valence-electron chi connectivity index (χ0n) is 31.1. The van der Waals surface area contributed by atoms with E-state index in [9.17, 15) is 0 Å². The first kappa shape index (κ1) is 42.9. The van der Waals surface area contributed by atoms with Crippen molar-refractivity contribution in [2.75, 3.05) is 32.8 Å². The van der Waals surface area contributed by atoms with Gasteiger partial charge in [0.1, 0.15) is 0 Å². The number of hydrogen-bond donors (Lipinski definition) is 0. The number of rotatable bonds is 38. The van der Waals surface area contributed by atoms with Crippen LogP contribution in [-0.2, 0) is 0 Å². The molecule has 0 rings (SSSR count). The summed E-state index contributed by atoms with van der Waals surface area (Å²) in [5.74, 6) is 0. The summed E-state index contributed by atoms with van der Waals surface area (Å²) in [7, 11) is 0. The van der Waals surface area contributed by atoms with E-state index in [2.05, 4.69) is 37.5 Å². The van der Waals surface area contributed by atoms with Crippen molar-refractivity contribution in [2.45, 2.75) is 233 Å². The van der Waals surface area contributed by atoms with E-state index in [-0.39, 0.29) is 0 Å². The molecule has 0 aliphatic heterocycles. The van der Waals surface area contributed by atoms with Gasteiger partial charge < -0.3 is 0 Å². The third-order valence-corrected chi connectivity index (χ3v) is 9.71. The molecular weight excluding hydrogens is 520 g/mol. The van der Waals surface area contributed by atoms with Crippen LogP contribution in [0, 0.1) is 0 Å².